The van der Waals surface area contributed by atoms with Crippen LogP contribution in [0.4, 0.5) is 0 Å². The van der Waals surface area contributed by atoms with Crippen LogP contribution >= 0.6 is 0 Å². The van der Waals surface area contributed by atoms with Gasteiger partial charge < -0.3 is 9.80 Å². The van der Waals surface area contributed by atoms with Crippen LogP contribution in [0.1, 0.15) is 73.1 Å². The number of allylic oxidation sites excluding steroid dienone is 7. The molecule has 3 heteroatoms. The SMILES string of the molecule is CC(C)=CCC/C(C)=C/CC/C(C)=C/CC/C(C)=C/C(=O)N1CCN(C)CC1. The van der Waals surface area contributed by atoms with Crippen LogP contribution in [0, 0.1) is 0 Å². The van der Waals surface area contributed by atoms with Gasteiger partial charge in [0.05, 0.1) is 0 Å². The predicted molar refractivity (Wildman–Crippen MR) is 122 cm³/mol. The summed E-state index contributed by atoms with van der Waals surface area (Å²) in [7, 11) is 2.11. The van der Waals surface area contributed by atoms with Gasteiger partial charge in [-0.05, 0) is 80.2 Å². The molecule has 0 N–H and O–H groups in total. The molecule has 0 aromatic carbocycles. The molecule has 0 radical (unpaired) electrons. The smallest absolute Gasteiger partial charge is 0.246 e. The first kappa shape index (κ1) is 24.4. The fourth-order valence-corrected chi connectivity index (χ4v) is 3.29. The Kier molecular flexibility index (Phi) is 11.8. The van der Waals surface area contributed by atoms with Gasteiger partial charge in [0, 0.05) is 32.3 Å². The molecule has 0 aliphatic carbocycles. The van der Waals surface area contributed by atoms with Gasteiger partial charge >= 0.3 is 0 Å². The highest BCUT2D eigenvalue weighted by Crippen LogP contribution is 2.14. The zero-order valence-electron chi connectivity index (χ0n) is 19.2. The largest absolute Gasteiger partial charge is 0.337 e. The molecule has 0 aromatic heterocycles. The van der Waals surface area contributed by atoms with Gasteiger partial charge in [-0.3, -0.25) is 4.79 Å². The molecule has 1 heterocycles. The molecule has 0 bridgehead atoms. The van der Waals surface area contributed by atoms with Crippen molar-refractivity contribution in [3.8, 4) is 0 Å². The van der Waals surface area contributed by atoms with E-state index in [0.717, 1.165) is 58.3 Å². The van der Waals surface area contributed by atoms with E-state index in [4.69, 9.17) is 0 Å². The number of likely N-dealkylation sites (N-methyl/N-ethyl adjacent to an activating group) is 1. The quantitative estimate of drug-likeness (QED) is 0.344. The minimum absolute atomic E-state index is 0.181. The Morgan fingerprint density at radius 1 is 0.714 bits per heavy atom. The summed E-state index contributed by atoms with van der Waals surface area (Å²) in [5.74, 6) is 0.181. The molecular formula is C25H42N2O. The Morgan fingerprint density at radius 3 is 1.68 bits per heavy atom. The molecule has 0 atom stereocenters. The molecule has 1 aliphatic heterocycles. The number of hydrogen-bond donors (Lipinski definition) is 0. The summed E-state index contributed by atoms with van der Waals surface area (Å²) in [6.45, 7) is 14.5. The van der Waals surface area contributed by atoms with Crippen LogP contribution in [0.15, 0.2) is 46.6 Å². The van der Waals surface area contributed by atoms with Gasteiger partial charge in [-0.25, -0.2) is 0 Å². The average molecular weight is 387 g/mol. The number of nitrogens with zero attached hydrogens (tertiary/aromatic N) is 2. The van der Waals surface area contributed by atoms with E-state index in [1.54, 1.807) is 0 Å². The van der Waals surface area contributed by atoms with E-state index >= 15 is 0 Å². The Morgan fingerprint density at radius 2 is 1.18 bits per heavy atom. The number of rotatable bonds is 10. The second-order valence-electron chi connectivity index (χ2n) is 8.62. The summed E-state index contributed by atoms with van der Waals surface area (Å²) in [5.41, 5.74) is 5.53. The van der Waals surface area contributed by atoms with Crippen molar-refractivity contribution in [1.29, 1.82) is 0 Å². The van der Waals surface area contributed by atoms with Crippen molar-refractivity contribution in [2.75, 3.05) is 33.2 Å². The molecule has 28 heavy (non-hydrogen) atoms. The summed E-state index contributed by atoms with van der Waals surface area (Å²) >= 11 is 0. The van der Waals surface area contributed by atoms with E-state index in [1.807, 2.05) is 11.0 Å². The Balaban J connectivity index is 2.29. The minimum Gasteiger partial charge on any atom is -0.337 e. The number of carbonyl (C=O) groups excluding carboxylic acids is 1. The van der Waals surface area contributed by atoms with E-state index in [1.165, 1.54) is 28.7 Å². The summed E-state index contributed by atoms with van der Waals surface area (Å²) in [6, 6.07) is 0. The van der Waals surface area contributed by atoms with Gasteiger partial charge in [0.15, 0.2) is 0 Å². The molecule has 1 rings (SSSR count). The topological polar surface area (TPSA) is 23.6 Å². The van der Waals surface area contributed by atoms with Crippen molar-refractivity contribution in [3.63, 3.8) is 0 Å². The van der Waals surface area contributed by atoms with Crippen LogP contribution in [-0.4, -0.2) is 48.9 Å². The highest BCUT2D eigenvalue weighted by Gasteiger charge is 2.17. The lowest BCUT2D eigenvalue weighted by Gasteiger charge is -2.31. The molecule has 1 aliphatic rings. The van der Waals surface area contributed by atoms with Crippen LogP contribution in [0.25, 0.3) is 0 Å². The van der Waals surface area contributed by atoms with Crippen molar-refractivity contribution < 1.29 is 4.79 Å². The Bertz CT molecular complexity index is 598. The van der Waals surface area contributed by atoms with Crippen LogP contribution < -0.4 is 0 Å². The summed E-state index contributed by atoms with van der Waals surface area (Å²) in [6.07, 6.45) is 15.4. The monoisotopic (exact) mass is 386 g/mol. The third-order valence-electron chi connectivity index (χ3n) is 5.34. The fraction of sp³-hybridized carbons (Fsp3) is 0.640. The molecule has 0 spiro atoms. The molecule has 158 valence electrons. The van der Waals surface area contributed by atoms with Gasteiger partial charge in [-0.1, -0.05) is 40.5 Å². The number of carbonyl (C=O) groups is 1. The maximum absolute atomic E-state index is 12.3. The number of amides is 1. The predicted octanol–water partition coefficient (Wildman–Crippen LogP) is 5.91. The maximum atomic E-state index is 12.3. The third-order valence-corrected chi connectivity index (χ3v) is 5.34. The van der Waals surface area contributed by atoms with Gasteiger partial charge in [-0.2, -0.15) is 0 Å². The first-order valence-electron chi connectivity index (χ1n) is 10.9. The van der Waals surface area contributed by atoms with Crippen LogP contribution in [-0.2, 0) is 4.79 Å². The van der Waals surface area contributed by atoms with Gasteiger partial charge in [-0.15, -0.1) is 0 Å². The lowest BCUT2D eigenvalue weighted by molar-refractivity contribution is -0.127. The highest BCUT2D eigenvalue weighted by molar-refractivity contribution is 5.88. The lowest BCUT2D eigenvalue weighted by atomic mass is 10.0. The Labute approximate surface area is 173 Å². The van der Waals surface area contributed by atoms with E-state index in [9.17, 15) is 4.79 Å². The number of piperazine rings is 1. The standard InChI is InChI=1S/C25H42N2O/c1-21(2)10-7-11-22(3)12-8-13-23(4)14-9-15-24(5)20-25(28)27-18-16-26(6)17-19-27/h10,12,14,20H,7-9,11,13,15-19H2,1-6H3/b22-12+,23-14+,24-20+. The molecule has 1 fully saturated rings. The zero-order chi connectivity index (χ0) is 20.9. The van der Waals surface area contributed by atoms with Crippen molar-refractivity contribution in [3.05, 3.63) is 46.6 Å². The normalized spacial score (nSPS) is 17.1. The lowest BCUT2D eigenvalue weighted by Crippen LogP contribution is -2.46. The van der Waals surface area contributed by atoms with E-state index in [0.29, 0.717) is 0 Å². The first-order valence-corrected chi connectivity index (χ1v) is 10.9. The van der Waals surface area contributed by atoms with Gasteiger partial charge in [0.2, 0.25) is 5.91 Å². The van der Waals surface area contributed by atoms with Crippen molar-refractivity contribution in [2.45, 2.75) is 73.1 Å². The van der Waals surface area contributed by atoms with Crippen LogP contribution in [0.3, 0.4) is 0 Å². The third kappa shape index (κ3) is 11.3. The molecule has 0 aromatic rings. The molecule has 1 saturated heterocycles. The summed E-state index contributed by atoms with van der Waals surface area (Å²) < 4.78 is 0. The second kappa shape index (κ2) is 13.5. The first-order chi connectivity index (χ1) is 13.3. The summed E-state index contributed by atoms with van der Waals surface area (Å²) in [4.78, 5) is 16.6. The van der Waals surface area contributed by atoms with E-state index in [-0.39, 0.29) is 5.91 Å². The van der Waals surface area contributed by atoms with Crippen molar-refractivity contribution >= 4 is 5.91 Å². The fourth-order valence-electron chi connectivity index (χ4n) is 3.29. The highest BCUT2D eigenvalue weighted by atomic mass is 16.2. The van der Waals surface area contributed by atoms with Crippen LogP contribution in [0.5, 0.6) is 0 Å². The molecule has 0 saturated carbocycles. The van der Waals surface area contributed by atoms with E-state index in [2.05, 4.69) is 64.8 Å². The molecule has 0 unspecified atom stereocenters. The zero-order valence-corrected chi connectivity index (χ0v) is 19.2. The van der Waals surface area contributed by atoms with Crippen molar-refractivity contribution in [2.24, 2.45) is 0 Å². The maximum Gasteiger partial charge on any atom is 0.246 e. The van der Waals surface area contributed by atoms with Gasteiger partial charge in [0.1, 0.15) is 0 Å². The molecule has 1 amide bonds. The summed E-state index contributed by atoms with van der Waals surface area (Å²) in [5, 5.41) is 0. The second-order valence-corrected chi connectivity index (χ2v) is 8.62. The van der Waals surface area contributed by atoms with Crippen LogP contribution in [0.2, 0.25) is 0 Å². The minimum atomic E-state index is 0.181. The number of hydrogen-bond acceptors (Lipinski definition) is 2. The Hall–Kier alpha value is -1.61. The van der Waals surface area contributed by atoms with E-state index < -0.39 is 0 Å². The van der Waals surface area contributed by atoms with Gasteiger partial charge in [0.25, 0.3) is 0 Å². The van der Waals surface area contributed by atoms with Crippen molar-refractivity contribution in [1.82, 2.24) is 9.80 Å². The molecular weight excluding hydrogens is 344 g/mol. The molecule has 3 nitrogen and oxygen atoms in total. The average Bonchev–Trinajstić information content (AvgIpc) is 2.61.